The highest BCUT2D eigenvalue weighted by Crippen LogP contribution is 1.93. The molecule has 0 fully saturated rings. The van der Waals surface area contributed by atoms with Gasteiger partial charge in [-0.1, -0.05) is 6.58 Å². The standard InChI is InChI=1S/C9H19N3O/c1-6-9(13)12(7-10(2)3)8-11(4)5/h6H,1,7-8H2,2-5H3. The number of nitrogens with zero attached hydrogens (tertiary/aromatic N) is 3. The van der Waals surface area contributed by atoms with E-state index >= 15 is 0 Å². The Morgan fingerprint density at radius 2 is 1.54 bits per heavy atom. The summed E-state index contributed by atoms with van der Waals surface area (Å²) in [6, 6.07) is 0. The van der Waals surface area contributed by atoms with Crippen LogP contribution < -0.4 is 0 Å². The van der Waals surface area contributed by atoms with Gasteiger partial charge in [0.1, 0.15) is 0 Å². The Kier molecular flexibility index (Phi) is 5.34. The molecule has 0 N–H and O–H groups in total. The number of rotatable bonds is 5. The fraction of sp³-hybridized carbons (Fsp3) is 0.667. The molecule has 4 nitrogen and oxygen atoms in total. The number of hydrogen-bond donors (Lipinski definition) is 0. The molecule has 0 aliphatic heterocycles. The second kappa shape index (κ2) is 5.72. The lowest BCUT2D eigenvalue weighted by Crippen LogP contribution is -2.42. The van der Waals surface area contributed by atoms with Gasteiger partial charge in [0.2, 0.25) is 5.91 Å². The number of hydrogen-bond acceptors (Lipinski definition) is 3. The van der Waals surface area contributed by atoms with Crippen molar-refractivity contribution in [2.45, 2.75) is 0 Å². The van der Waals surface area contributed by atoms with E-state index in [0.29, 0.717) is 13.3 Å². The van der Waals surface area contributed by atoms with E-state index in [0.717, 1.165) is 0 Å². The summed E-state index contributed by atoms with van der Waals surface area (Å²) in [7, 11) is 7.72. The van der Waals surface area contributed by atoms with E-state index in [2.05, 4.69) is 6.58 Å². The summed E-state index contributed by atoms with van der Waals surface area (Å²) >= 11 is 0. The van der Waals surface area contributed by atoms with Crippen LogP contribution in [0.4, 0.5) is 0 Å². The predicted molar refractivity (Wildman–Crippen MR) is 54.2 cm³/mol. The van der Waals surface area contributed by atoms with Crippen molar-refractivity contribution in [3.05, 3.63) is 12.7 Å². The van der Waals surface area contributed by atoms with Gasteiger partial charge in [0.15, 0.2) is 0 Å². The first-order valence-electron chi connectivity index (χ1n) is 4.18. The lowest BCUT2D eigenvalue weighted by atomic mass is 10.5. The molecule has 13 heavy (non-hydrogen) atoms. The average Bonchev–Trinajstić information content (AvgIpc) is 2.00. The Morgan fingerprint density at radius 1 is 1.15 bits per heavy atom. The highest BCUT2D eigenvalue weighted by Gasteiger charge is 2.10. The van der Waals surface area contributed by atoms with E-state index < -0.39 is 0 Å². The van der Waals surface area contributed by atoms with Crippen LogP contribution in [0.5, 0.6) is 0 Å². The zero-order valence-electron chi connectivity index (χ0n) is 8.95. The highest BCUT2D eigenvalue weighted by molar-refractivity contribution is 5.86. The van der Waals surface area contributed by atoms with E-state index in [-0.39, 0.29) is 5.91 Å². The molecule has 0 atom stereocenters. The van der Waals surface area contributed by atoms with Gasteiger partial charge in [-0.25, -0.2) is 0 Å². The maximum atomic E-state index is 11.3. The lowest BCUT2D eigenvalue weighted by Gasteiger charge is -2.27. The molecule has 0 unspecified atom stereocenters. The second-order valence-electron chi connectivity index (χ2n) is 3.52. The van der Waals surface area contributed by atoms with Crippen LogP contribution in [-0.4, -0.2) is 62.1 Å². The third-order valence-electron chi connectivity index (χ3n) is 1.39. The van der Waals surface area contributed by atoms with Crippen molar-refractivity contribution in [1.29, 1.82) is 0 Å². The third kappa shape index (κ3) is 5.38. The molecule has 1 amide bonds. The van der Waals surface area contributed by atoms with Crippen molar-refractivity contribution in [3.8, 4) is 0 Å². The van der Waals surface area contributed by atoms with E-state index in [9.17, 15) is 4.79 Å². The van der Waals surface area contributed by atoms with Gasteiger partial charge in [-0.2, -0.15) is 0 Å². The molecule has 0 aliphatic carbocycles. The SMILES string of the molecule is C=CC(=O)N(CN(C)C)CN(C)C. The van der Waals surface area contributed by atoms with Crippen molar-refractivity contribution < 1.29 is 4.79 Å². The van der Waals surface area contributed by atoms with E-state index in [1.807, 2.05) is 38.0 Å². The summed E-state index contributed by atoms with van der Waals surface area (Å²) in [6.07, 6.45) is 1.34. The molecule has 4 heteroatoms. The van der Waals surface area contributed by atoms with Crippen LogP contribution in [0.25, 0.3) is 0 Å². The largest absolute Gasteiger partial charge is 0.313 e. The third-order valence-corrected chi connectivity index (χ3v) is 1.39. The molecule has 0 radical (unpaired) electrons. The first-order valence-corrected chi connectivity index (χ1v) is 4.18. The highest BCUT2D eigenvalue weighted by atomic mass is 16.2. The lowest BCUT2D eigenvalue weighted by molar-refractivity contribution is -0.129. The topological polar surface area (TPSA) is 26.8 Å². The summed E-state index contributed by atoms with van der Waals surface area (Å²) in [4.78, 5) is 17.0. The fourth-order valence-corrected chi connectivity index (χ4v) is 0.996. The van der Waals surface area contributed by atoms with Crippen molar-refractivity contribution in [2.75, 3.05) is 41.5 Å². The zero-order valence-corrected chi connectivity index (χ0v) is 8.95. The van der Waals surface area contributed by atoms with Gasteiger partial charge < -0.3 is 4.90 Å². The van der Waals surface area contributed by atoms with Crippen LogP contribution >= 0.6 is 0 Å². The Balaban J connectivity index is 4.18. The zero-order chi connectivity index (χ0) is 10.4. The monoisotopic (exact) mass is 185 g/mol. The predicted octanol–water partition coefficient (Wildman–Crippen LogP) is 0.0392. The van der Waals surface area contributed by atoms with Gasteiger partial charge in [0, 0.05) is 0 Å². The molecular weight excluding hydrogens is 166 g/mol. The molecule has 76 valence electrons. The molecule has 0 aromatic heterocycles. The molecular formula is C9H19N3O. The minimum absolute atomic E-state index is 0.0394. The van der Waals surface area contributed by atoms with E-state index in [1.165, 1.54) is 6.08 Å². The van der Waals surface area contributed by atoms with Crippen molar-refractivity contribution in [3.63, 3.8) is 0 Å². The summed E-state index contributed by atoms with van der Waals surface area (Å²) in [5, 5.41) is 0. The van der Waals surface area contributed by atoms with Crippen LogP contribution in [0.1, 0.15) is 0 Å². The second-order valence-corrected chi connectivity index (χ2v) is 3.52. The minimum atomic E-state index is -0.0394. The van der Waals surface area contributed by atoms with Crippen LogP contribution in [0.3, 0.4) is 0 Å². The molecule has 0 aromatic carbocycles. The molecule has 0 spiro atoms. The molecule has 0 bridgehead atoms. The van der Waals surface area contributed by atoms with Gasteiger partial charge >= 0.3 is 0 Å². The van der Waals surface area contributed by atoms with Crippen molar-refractivity contribution in [2.24, 2.45) is 0 Å². The Hall–Kier alpha value is -0.870. The summed E-state index contributed by atoms with van der Waals surface area (Å²) < 4.78 is 0. The number of amides is 1. The first kappa shape index (κ1) is 12.1. The van der Waals surface area contributed by atoms with E-state index in [4.69, 9.17) is 0 Å². The Bertz CT molecular complexity index is 168. The molecule has 0 aliphatic rings. The van der Waals surface area contributed by atoms with Gasteiger partial charge in [-0.05, 0) is 34.3 Å². The van der Waals surface area contributed by atoms with Crippen LogP contribution in [-0.2, 0) is 4.79 Å². The quantitative estimate of drug-likeness (QED) is 0.447. The van der Waals surface area contributed by atoms with Gasteiger partial charge in [0.05, 0.1) is 13.3 Å². The molecule has 0 heterocycles. The number of carbonyl (C=O) groups excluding carboxylic acids is 1. The van der Waals surface area contributed by atoms with Crippen molar-refractivity contribution in [1.82, 2.24) is 14.7 Å². The van der Waals surface area contributed by atoms with Gasteiger partial charge in [-0.15, -0.1) is 0 Å². The molecule has 0 saturated heterocycles. The van der Waals surface area contributed by atoms with Gasteiger partial charge in [0.25, 0.3) is 0 Å². The summed E-state index contributed by atoms with van der Waals surface area (Å²) in [5.74, 6) is -0.0394. The van der Waals surface area contributed by atoms with Gasteiger partial charge in [-0.3, -0.25) is 14.6 Å². The summed E-state index contributed by atoms with van der Waals surface area (Å²) in [6.45, 7) is 4.70. The Labute approximate surface area is 80.4 Å². The van der Waals surface area contributed by atoms with E-state index in [1.54, 1.807) is 4.90 Å². The fourth-order valence-electron chi connectivity index (χ4n) is 0.996. The molecule has 0 aromatic rings. The average molecular weight is 185 g/mol. The first-order chi connectivity index (χ1) is 5.97. The molecule has 0 rings (SSSR count). The van der Waals surface area contributed by atoms with Crippen LogP contribution in [0, 0.1) is 0 Å². The number of carbonyl (C=O) groups is 1. The maximum Gasteiger partial charge on any atom is 0.248 e. The normalized spacial score (nSPS) is 10.6. The maximum absolute atomic E-state index is 11.3. The van der Waals surface area contributed by atoms with Crippen LogP contribution in [0.2, 0.25) is 0 Å². The van der Waals surface area contributed by atoms with Crippen molar-refractivity contribution >= 4 is 5.91 Å². The minimum Gasteiger partial charge on any atom is -0.313 e. The summed E-state index contributed by atoms with van der Waals surface area (Å²) in [5.41, 5.74) is 0. The molecule has 0 saturated carbocycles. The van der Waals surface area contributed by atoms with Crippen LogP contribution in [0.15, 0.2) is 12.7 Å². The Morgan fingerprint density at radius 3 is 1.77 bits per heavy atom. The smallest absolute Gasteiger partial charge is 0.248 e.